The van der Waals surface area contributed by atoms with E-state index >= 15 is 0 Å². The molecule has 0 spiro atoms. The molecule has 4 heteroatoms. The Labute approximate surface area is 100 Å². The average Bonchev–Trinajstić information content (AvgIpc) is 2.50. The molecule has 90 valence electrons. The zero-order valence-electron chi connectivity index (χ0n) is 10.3. The molecule has 2 N–H and O–H groups in total. The molecule has 1 amide bonds. The van der Waals surface area contributed by atoms with Gasteiger partial charge in [0.05, 0.1) is 12.0 Å². The summed E-state index contributed by atoms with van der Waals surface area (Å²) in [7, 11) is 1.73. The van der Waals surface area contributed by atoms with Crippen LogP contribution in [0.3, 0.4) is 0 Å². The Balaban J connectivity index is 2.56. The van der Waals surface area contributed by atoms with Crippen LogP contribution in [0.1, 0.15) is 29.8 Å². The summed E-state index contributed by atoms with van der Waals surface area (Å²) in [6, 6.07) is 5.33. The van der Waals surface area contributed by atoms with Gasteiger partial charge >= 0.3 is 0 Å². The molecule has 4 nitrogen and oxygen atoms in total. The summed E-state index contributed by atoms with van der Waals surface area (Å²) in [5, 5.41) is 0. The van der Waals surface area contributed by atoms with Gasteiger partial charge in [0, 0.05) is 18.3 Å². The Morgan fingerprint density at radius 2 is 2.06 bits per heavy atom. The number of Topliss-reactive ketones (excluding diaryl/α,β-unsaturated/α-hetero) is 1. The van der Waals surface area contributed by atoms with Gasteiger partial charge in [-0.25, -0.2) is 0 Å². The van der Waals surface area contributed by atoms with E-state index in [0.717, 1.165) is 11.3 Å². The van der Waals surface area contributed by atoms with Gasteiger partial charge in [0.15, 0.2) is 5.78 Å². The molecule has 1 aliphatic rings. The van der Waals surface area contributed by atoms with Gasteiger partial charge in [-0.3, -0.25) is 9.59 Å². The molecule has 0 unspecified atom stereocenters. The SMILES string of the molecule is CN1C(=O)C(C)(C)c2ccc(C(=O)CN)cc21. The maximum Gasteiger partial charge on any atom is 0.236 e. The van der Waals surface area contributed by atoms with E-state index < -0.39 is 5.41 Å². The highest BCUT2D eigenvalue weighted by molar-refractivity contribution is 6.08. The number of hydrogen-bond acceptors (Lipinski definition) is 3. The molecule has 0 saturated heterocycles. The van der Waals surface area contributed by atoms with Crippen LogP contribution in [0.25, 0.3) is 0 Å². The Bertz CT molecular complexity index is 506. The Morgan fingerprint density at radius 1 is 1.41 bits per heavy atom. The number of fused-ring (bicyclic) bond motifs is 1. The quantitative estimate of drug-likeness (QED) is 0.776. The monoisotopic (exact) mass is 232 g/mol. The molecule has 2 rings (SSSR count). The van der Waals surface area contributed by atoms with Crippen LogP contribution in [-0.2, 0) is 10.2 Å². The molecule has 1 heterocycles. The van der Waals surface area contributed by atoms with E-state index in [-0.39, 0.29) is 18.2 Å². The molecule has 17 heavy (non-hydrogen) atoms. The number of nitrogens with zero attached hydrogens (tertiary/aromatic N) is 1. The standard InChI is InChI=1S/C13H16N2O2/c1-13(2)9-5-4-8(11(16)7-14)6-10(9)15(3)12(13)17/h4-6H,7,14H2,1-3H3. The molecular weight excluding hydrogens is 216 g/mol. The number of amides is 1. The third-order valence-electron chi connectivity index (χ3n) is 3.38. The Kier molecular flexibility index (Phi) is 2.54. The van der Waals surface area contributed by atoms with Crippen LogP contribution in [0.5, 0.6) is 0 Å². The van der Waals surface area contributed by atoms with E-state index in [0.29, 0.717) is 5.56 Å². The molecule has 0 atom stereocenters. The van der Waals surface area contributed by atoms with Gasteiger partial charge in [0.1, 0.15) is 0 Å². The van der Waals surface area contributed by atoms with E-state index in [1.165, 1.54) is 0 Å². The minimum Gasteiger partial charge on any atom is -0.324 e. The van der Waals surface area contributed by atoms with E-state index in [2.05, 4.69) is 0 Å². The molecule has 0 radical (unpaired) electrons. The van der Waals surface area contributed by atoms with Crippen molar-refractivity contribution in [1.29, 1.82) is 0 Å². The number of carbonyl (C=O) groups is 2. The van der Waals surface area contributed by atoms with Crippen LogP contribution < -0.4 is 10.6 Å². The molecule has 1 aliphatic heterocycles. The number of anilines is 1. The molecular formula is C13H16N2O2. The normalized spacial score (nSPS) is 17.2. The minimum absolute atomic E-state index is 0.0140. The van der Waals surface area contributed by atoms with Crippen molar-refractivity contribution >= 4 is 17.4 Å². The topological polar surface area (TPSA) is 63.4 Å². The predicted molar refractivity (Wildman–Crippen MR) is 66.3 cm³/mol. The minimum atomic E-state index is -0.519. The highest BCUT2D eigenvalue weighted by Crippen LogP contribution is 2.40. The summed E-state index contributed by atoms with van der Waals surface area (Å²) in [4.78, 5) is 25.2. The number of hydrogen-bond donors (Lipinski definition) is 1. The van der Waals surface area contributed by atoms with Gasteiger partial charge in [-0.2, -0.15) is 0 Å². The molecule has 1 aromatic carbocycles. The van der Waals surface area contributed by atoms with Gasteiger partial charge < -0.3 is 10.6 Å². The van der Waals surface area contributed by atoms with Crippen molar-refractivity contribution in [1.82, 2.24) is 0 Å². The first-order valence-corrected chi connectivity index (χ1v) is 5.55. The van der Waals surface area contributed by atoms with Crippen molar-refractivity contribution in [3.05, 3.63) is 29.3 Å². The summed E-state index contributed by atoms with van der Waals surface area (Å²) in [5.41, 5.74) is 7.14. The summed E-state index contributed by atoms with van der Waals surface area (Å²) in [5.74, 6) is -0.0665. The van der Waals surface area contributed by atoms with Gasteiger partial charge in [-0.15, -0.1) is 0 Å². The van der Waals surface area contributed by atoms with Gasteiger partial charge in [-0.05, 0) is 25.5 Å². The molecule has 0 bridgehead atoms. The van der Waals surface area contributed by atoms with Gasteiger partial charge in [0.25, 0.3) is 0 Å². The summed E-state index contributed by atoms with van der Waals surface area (Å²) in [6.45, 7) is 3.77. The molecule has 0 saturated carbocycles. The first-order valence-electron chi connectivity index (χ1n) is 5.55. The third kappa shape index (κ3) is 1.56. The van der Waals surface area contributed by atoms with E-state index in [1.807, 2.05) is 19.9 Å². The average molecular weight is 232 g/mol. The second kappa shape index (κ2) is 3.67. The molecule has 0 fully saturated rings. The van der Waals surface area contributed by atoms with Gasteiger partial charge in [-0.1, -0.05) is 12.1 Å². The number of likely N-dealkylation sites (N-methyl/N-ethyl adjacent to an activating group) is 1. The van der Waals surface area contributed by atoms with E-state index in [1.54, 1.807) is 24.1 Å². The first-order chi connectivity index (χ1) is 7.89. The molecule has 0 aliphatic carbocycles. The largest absolute Gasteiger partial charge is 0.324 e. The van der Waals surface area contributed by atoms with E-state index in [4.69, 9.17) is 5.73 Å². The predicted octanol–water partition coefficient (Wildman–Crippen LogP) is 1.08. The van der Waals surface area contributed by atoms with Crippen LogP contribution in [0.15, 0.2) is 18.2 Å². The highest BCUT2D eigenvalue weighted by atomic mass is 16.2. The summed E-state index contributed by atoms with van der Waals surface area (Å²) >= 11 is 0. The van der Waals surface area contributed by atoms with Crippen molar-refractivity contribution in [3.8, 4) is 0 Å². The number of rotatable bonds is 2. The van der Waals surface area contributed by atoms with Gasteiger partial charge in [0.2, 0.25) is 5.91 Å². The van der Waals surface area contributed by atoms with Crippen molar-refractivity contribution < 1.29 is 9.59 Å². The lowest BCUT2D eigenvalue weighted by atomic mass is 9.85. The molecule has 1 aromatic rings. The Morgan fingerprint density at radius 3 is 2.65 bits per heavy atom. The van der Waals surface area contributed by atoms with Crippen molar-refractivity contribution in [2.45, 2.75) is 19.3 Å². The smallest absolute Gasteiger partial charge is 0.236 e. The van der Waals surface area contributed by atoms with Crippen molar-refractivity contribution in [3.63, 3.8) is 0 Å². The number of carbonyl (C=O) groups excluding carboxylic acids is 2. The van der Waals surface area contributed by atoms with Crippen LogP contribution >= 0.6 is 0 Å². The number of ketones is 1. The zero-order valence-corrected chi connectivity index (χ0v) is 10.3. The van der Waals surface area contributed by atoms with Crippen LogP contribution in [0.4, 0.5) is 5.69 Å². The zero-order chi connectivity index (χ0) is 12.8. The van der Waals surface area contributed by atoms with Crippen LogP contribution in [-0.4, -0.2) is 25.3 Å². The first kappa shape index (κ1) is 11.8. The highest BCUT2D eigenvalue weighted by Gasteiger charge is 2.42. The number of nitrogens with two attached hydrogens (primary N) is 1. The van der Waals surface area contributed by atoms with Crippen molar-refractivity contribution in [2.75, 3.05) is 18.5 Å². The summed E-state index contributed by atoms with van der Waals surface area (Å²) < 4.78 is 0. The van der Waals surface area contributed by atoms with Crippen LogP contribution in [0, 0.1) is 0 Å². The maximum atomic E-state index is 12.1. The second-order valence-electron chi connectivity index (χ2n) is 4.85. The number of benzene rings is 1. The second-order valence-corrected chi connectivity index (χ2v) is 4.85. The van der Waals surface area contributed by atoms with Crippen LogP contribution in [0.2, 0.25) is 0 Å². The molecule has 0 aromatic heterocycles. The lowest BCUT2D eigenvalue weighted by molar-refractivity contribution is -0.121. The fourth-order valence-corrected chi connectivity index (χ4v) is 2.27. The summed E-state index contributed by atoms with van der Waals surface area (Å²) in [6.07, 6.45) is 0. The fraction of sp³-hybridized carbons (Fsp3) is 0.385. The lowest BCUT2D eigenvalue weighted by Crippen LogP contribution is -2.33. The van der Waals surface area contributed by atoms with E-state index in [9.17, 15) is 9.59 Å². The fourth-order valence-electron chi connectivity index (χ4n) is 2.27. The van der Waals surface area contributed by atoms with Crippen molar-refractivity contribution in [2.24, 2.45) is 5.73 Å². The lowest BCUT2D eigenvalue weighted by Gasteiger charge is -2.16. The maximum absolute atomic E-state index is 12.1. The Hall–Kier alpha value is -1.68. The third-order valence-corrected chi connectivity index (χ3v) is 3.38.